The van der Waals surface area contributed by atoms with Crippen molar-refractivity contribution in [3.05, 3.63) is 101 Å². The number of carbonyl (C=O) groups excluding carboxylic acids is 1. The molecule has 0 radical (unpaired) electrons. The van der Waals surface area contributed by atoms with Crippen LogP contribution in [0.2, 0.25) is 0 Å². The molecule has 0 aliphatic rings. The number of methoxy groups -OCH3 is 1. The summed E-state index contributed by atoms with van der Waals surface area (Å²) in [4.78, 5) is 12.7. The van der Waals surface area contributed by atoms with Gasteiger partial charge in [-0.2, -0.15) is 0 Å². The zero-order valence-corrected chi connectivity index (χ0v) is 15.8. The molecule has 0 aliphatic carbocycles. The van der Waals surface area contributed by atoms with Gasteiger partial charge in [0.1, 0.15) is 5.75 Å². The first kappa shape index (κ1) is 18.7. The van der Waals surface area contributed by atoms with Gasteiger partial charge < -0.3 is 4.74 Å². The van der Waals surface area contributed by atoms with Crippen molar-refractivity contribution >= 4 is 17.9 Å². The van der Waals surface area contributed by atoms with Gasteiger partial charge >= 0.3 is 0 Å². The molecule has 0 heterocycles. The third-order valence-electron chi connectivity index (χ3n) is 4.69. The van der Waals surface area contributed by atoms with Gasteiger partial charge in [0.25, 0.3) is 0 Å². The summed E-state index contributed by atoms with van der Waals surface area (Å²) in [5.74, 6) is 1.04. The van der Waals surface area contributed by atoms with E-state index in [1.807, 2.05) is 54.6 Å². The van der Waals surface area contributed by atoms with Crippen LogP contribution in [0.3, 0.4) is 0 Å². The second kappa shape index (κ2) is 9.00. The van der Waals surface area contributed by atoms with Crippen LogP contribution in [0.15, 0.2) is 78.9 Å². The first-order valence-corrected chi connectivity index (χ1v) is 9.16. The van der Waals surface area contributed by atoms with Gasteiger partial charge in [-0.25, -0.2) is 0 Å². The molecule has 27 heavy (non-hydrogen) atoms. The maximum absolute atomic E-state index is 12.7. The van der Waals surface area contributed by atoms with Gasteiger partial charge in [-0.05, 0) is 46.9 Å². The lowest BCUT2D eigenvalue weighted by Gasteiger charge is -2.14. The highest BCUT2D eigenvalue weighted by atomic mass is 16.5. The number of Topliss-reactive ketones (excluding diaryl/α,β-unsaturated/α-hetero) is 1. The van der Waals surface area contributed by atoms with E-state index in [9.17, 15) is 4.79 Å². The van der Waals surface area contributed by atoms with Crippen LogP contribution in [0.5, 0.6) is 5.75 Å². The van der Waals surface area contributed by atoms with E-state index in [4.69, 9.17) is 4.74 Å². The SMILES string of the molecule is COc1ccc(C(=O)C[C@H](C)c2ccccc2/C=C/c2ccccc2)cc1. The van der Waals surface area contributed by atoms with Crippen LogP contribution in [0, 0.1) is 0 Å². The molecule has 3 aromatic rings. The standard InChI is InChI=1S/C25H24O2/c1-19(18-25(26)22-14-16-23(27-2)17-15-22)24-11-7-6-10-21(24)13-12-20-8-4-3-5-9-20/h3-17,19H,18H2,1-2H3/b13-12+/t19-/m0/s1. The maximum atomic E-state index is 12.7. The van der Waals surface area contributed by atoms with Crippen molar-refractivity contribution in [1.29, 1.82) is 0 Å². The predicted molar refractivity (Wildman–Crippen MR) is 112 cm³/mol. The molecule has 0 unspecified atom stereocenters. The molecule has 0 fully saturated rings. The molecule has 3 aromatic carbocycles. The fourth-order valence-corrected chi connectivity index (χ4v) is 3.14. The Morgan fingerprint density at radius 2 is 1.56 bits per heavy atom. The number of rotatable bonds is 7. The Bertz CT molecular complexity index is 909. The molecule has 0 N–H and O–H groups in total. The van der Waals surface area contributed by atoms with Crippen LogP contribution in [-0.4, -0.2) is 12.9 Å². The van der Waals surface area contributed by atoms with Gasteiger partial charge in [0.15, 0.2) is 5.78 Å². The van der Waals surface area contributed by atoms with Crippen molar-refractivity contribution in [3.8, 4) is 5.75 Å². The summed E-state index contributed by atoms with van der Waals surface area (Å²) >= 11 is 0. The first-order chi connectivity index (χ1) is 13.2. The maximum Gasteiger partial charge on any atom is 0.163 e. The van der Waals surface area contributed by atoms with Gasteiger partial charge in [0.2, 0.25) is 0 Å². The zero-order chi connectivity index (χ0) is 19.1. The Balaban J connectivity index is 1.75. The van der Waals surface area contributed by atoms with Crippen LogP contribution < -0.4 is 4.74 Å². The van der Waals surface area contributed by atoms with Gasteiger partial charge in [0.05, 0.1) is 7.11 Å². The summed E-state index contributed by atoms with van der Waals surface area (Å²) in [5.41, 5.74) is 4.22. The monoisotopic (exact) mass is 356 g/mol. The van der Waals surface area contributed by atoms with Crippen LogP contribution in [-0.2, 0) is 0 Å². The quantitative estimate of drug-likeness (QED) is 0.370. The predicted octanol–water partition coefficient (Wildman–Crippen LogP) is 6.24. The minimum atomic E-state index is 0.135. The number of ketones is 1. The topological polar surface area (TPSA) is 26.3 Å². The molecule has 2 heteroatoms. The van der Waals surface area contributed by atoms with Crippen molar-refractivity contribution in [3.63, 3.8) is 0 Å². The minimum absolute atomic E-state index is 0.135. The average molecular weight is 356 g/mol. The Kier molecular flexibility index (Phi) is 6.22. The van der Waals surface area contributed by atoms with E-state index in [0.717, 1.165) is 22.4 Å². The highest BCUT2D eigenvalue weighted by Crippen LogP contribution is 2.26. The van der Waals surface area contributed by atoms with Gasteiger partial charge in [-0.3, -0.25) is 4.79 Å². The molecule has 3 rings (SSSR count). The summed E-state index contributed by atoms with van der Waals surface area (Å²) in [6.45, 7) is 2.11. The van der Waals surface area contributed by atoms with E-state index in [2.05, 4.69) is 43.3 Å². The van der Waals surface area contributed by atoms with E-state index in [1.165, 1.54) is 5.56 Å². The summed E-state index contributed by atoms with van der Waals surface area (Å²) in [6, 6.07) is 25.8. The normalized spacial score (nSPS) is 12.1. The molecule has 0 bridgehead atoms. The fourth-order valence-electron chi connectivity index (χ4n) is 3.14. The van der Waals surface area contributed by atoms with E-state index < -0.39 is 0 Å². The summed E-state index contributed by atoms with van der Waals surface area (Å²) in [6.07, 6.45) is 4.71. The molecule has 0 aromatic heterocycles. The molecule has 0 saturated heterocycles. The lowest BCUT2D eigenvalue weighted by Crippen LogP contribution is -2.06. The lowest BCUT2D eigenvalue weighted by molar-refractivity contribution is 0.0975. The molecule has 0 saturated carbocycles. The number of carbonyl (C=O) groups is 1. The molecule has 136 valence electrons. The smallest absolute Gasteiger partial charge is 0.163 e. The van der Waals surface area contributed by atoms with E-state index in [1.54, 1.807) is 7.11 Å². The Hall–Kier alpha value is -3.13. The van der Waals surface area contributed by atoms with E-state index in [0.29, 0.717) is 6.42 Å². The van der Waals surface area contributed by atoms with Gasteiger partial charge in [0, 0.05) is 12.0 Å². The summed E-state index contributed by atoms with van der Waals surface area (Å²) in [7, 11) is 1.62. The second-order valence-electron chi connectivity index (χ2n) is 6.63. The van der Waals surface area contributed by atoms with Crippen molar-refractivity contribution < 1.29 is 9.53 Å². The van der Waals surface area contributed by atoms with Gasteiger partial charge in [-0.15, -0.1) is 0 Å². The van der Waals surface area contributed by atoms with Crippen LogP contribution in [0.1, 0.15) is 46.3 Å². The molecular weight excluding hydrogens is 332 g/mol. The lowest BCUT2D eigenvalue weighted by atomic mass is 9.89. The number of benzene rings is 3. The highest BCUT2D eigenvalue weighted by Gasteiger charge is 2.15. The number of ether oxygens (including phenoxy) is 1. The first-order valence-electron chi connectivity index (χ1n) is 9.16. The molecule has 0 aliphatic heterocycles. The second-order valence-corrected chi connectivity index (χ2v) is 6.63. The van der Waals surface area contributed by atoms with E-state index >= 15 is 0 Å². The number of hydrogen-bond donors (Lipinski definition) is 0. The third-order valence-corrected chi connectivity index (χ3v) is 4.69. The van der Waals surface area contributed by atoms with Crippen LogP contribution in [0.4, 0.5) is 0 Å². The molecule has 1 atom stereocenters. The zero-order valence-electron chi connectivity index (χ0n) is 15.8. The summed E-state index contributed by atoms with van der Waals surface area (Å²) in [5, 5.41) is 0. The third kappa shape index (κ3) is 4.95. The minimum Gasteiger partial charge on any atom is -0.497 e. The fraction of sp³-hybridized carbons (Fsp3) is 0.160. The van der Waals surface area contributed by atoms with Crippen LogP contribution in [0.25, 0.3) is 12.2 Å². The molecule has 2 nitrogen and oxygen atoms in total. The Labute approximate surface area is 161 Å². The highest BCUT2D eigenvalue weighted by molar-refractivity contribution is 5.96. The average Bonchev–Trinajstić information content (AvgIpc) is 2.73. The van der Waals surface area contributed by atoms with Crippen molar-refractivity contribution in [2.24, 2.45) is 0 Å². The van der Waals surface area contributed by atoms with Crippen LogP contribution >= 0.6 is 0 Å². The Morgan fingerprint density at radius 3 is 2.26 bits per heavy atom. The van der Waals surface area contributed by atoms with Gasteiger partial charge in [-0.1, -0.05) is 73.7 Å². The van der Waals surface area contributed by atoms with Crippen molar-refractivity contribution in [1.82, 2.24) is 0 Å². The van der Waals surface area contributed by atoms with Crippen molar-refractivity contribution in [2.75, 3.05) is 7.11 Å². The summed E-state index contributed by atoms with van der Waals surface area (Å²) < 4.78 is 5.16. The van der Waals surface area contributed by atoms with E-state index in [-0.39, 0.29) is 11.7 Å². The molecule has 0 spiro atoms. The Morgan fingerprint density at radius 1 is 0.889 bits per heavy atom. The van der Waals surface area contributed by atoms with Crippen molar-refractivity contribution in [2.45, 2.75) is 19.3 Å². The molecule has 0 amide bonds. The largest absolute Gasteiger partial charge is 0.497 e. The molecular formula is C25H24O2. The number of hydrogen-bond acceptors (Lipinski definition) is 2.